The van der Waals surface area contributed by atoms with Crippen molar-refractivity contribution in [3.63, 3.8) is 0 Å². The van der Waals surface area contributed by atoms with Gasteiger partial charge in [-0.25, -0.2) is 14.2 Å². The number of carbonyl (C=O) groups excluding carboxylic acids is 1. The third-order valence-corrected chi connectivity index (χ3v) is 3.91. The Bertz CT molecular complexity index is 997. The van der Waals surface area contributed by atoms with Crippen LogP contribution in [0.2, 0.25) is 5.02 Å². The van der Waals surface area contributed by atoms with E-state index in [1.165, 1.54) is 19.2 Å². The molecule has 0 bridgehead atoms. The average molecular weight is 387 g/mol. The molecule has 1 heterocycles. The van der Waals surface area contributed by atoms with Crippen LogP contribution in [0.1, 0.15) is 16.1 Å². The highest BCUT2D eigenvalue weighted by atomic mass is 35.5. The number of aromatic nitrogens is 2. The van der Waals surface area contributed by atoms with Gasteiger partial charge >= 0.3 is 5.97 Å². The topological polar surface area (TPSA) is 76.1 Å². The number of nitrogens with zero attached hydrogens (tertiary/aromatic N) is 2. The molecule has 3 rings (SSSR count). The van der Waals surface area contributed by atoms with Crippen molar-refractivity contribution in [3.8, 4) is 0 Å². The molecule has 138 valence electrons. The minimum absolute atomic E-state index is 0.295. The minimum atomic E-state index is -0.470. The summed E-state index contributed by atoms with van der Waals surface area (Å²) < 4.78 is 18.1. The van der Waals surface area contributed by atoms with E-state index in [0.717, 1.165) is 0 Å². The van der Waals surface area contributed by atoms with E-state index in [4.69, 9.17) is 16.3 Å². The molecule has 6 nitrogen and oxygen atoms in total. The molecule has 1 aromatic heterocycles. The van der Waals surface area contributed by atoms with Crippen LogP contribution in [-0.4, -0.2) is 23.0 Å². The molecular formula is C19H16ClFN4O2. The van der Waals surface area contributed by atoms with E-state index in [9.17, 15) is 9.18 Å². The molecule has 0 aliphatic rings. The second kappa shape index (κ2) is 8.01. The summed E-state index contributed by atoms with van der Waals surface area (Å²) in [5.74, 6) is -0.0758. The van der Waals surface area contributed by atoms with E-state index in [1.807, 2.05) is 0 Å². The number of rotatable bonds is 5. The fraction of sp³-hybridized carbons (Fsp3) is 0.105. The summed E-state index contributed by atoms with van der Waals surface area (Å²) in [5.41, 5.74) is 2.06. The molecule has 0 fully saturated rings. The summed E-state index contributed by atoms with van der Waals surface area (Å²) in [6.45, 7) is 1.80. The van der Waals surface area contributed by atoms with Crippen molar-refractivity contribution in [2.45, 2.75) is 6.92 Å². The first kappa shape index (κ1) is 18.6. The maximum Gasteiger partial charge on any atom is 0.337 e. The fourth-order valence-electron chi connectivity index (χ4n) is 2.39. The van der Waals surface area contributed by atoms with Gasteiger partial charge in [-0.2, -0.15) is 4.98 Å². The van der Waals surface area contributed by atoms with Crippen LogP contribution < -0.4 is 10.6 Å². The number of carbonyl (C=O) groups is 1. The Morgan fingerprint density at radius 2 is 1.93 bits per heavy atom. The van der Waals surface area contributed by atoms with Crippen LogP contribution in [-0.2, 0) is 4.74 Å². The number of anilines is 4. The molecule has 0 atom stereocenters. The van der Waals surface area contributed by atoms with Gasteiger partial charge in [0.05, 0.1) is 23.4 Å². The van der Waals surface area contributed by atoms with Crippen molar-refractivity contribution in [3.05, 3.63) is 70.6 Å². The number of hydrogen-bond donors (Lipinski definition) is 2. The van der Waals surface area contributed by atoms with Gasteiger partial charge in [0.2, 0.25) is 5.95 Å². The monoisotopic (exact) mass is 386 g/mol. The highest BCUT2D eigenvalue weighted by Gasteiger charge is 2.11. The summed E-state index contributed by atoms with van der Waals surface area (Å²) in [6, 6.07) is 12.4. The van der Waals surface area contributed by atoms with Crippen LogP contribution in [0.3, 0.4) is 0 Å². The zero-order valence-electron chi connectivity index (χ0n) is 14.6. The van der Waals surface area contributed by atoms with Gasteiger partial charge in [-0.15, -0.1) is 0 Å². The molecular weight excluding hydrogens is 371 g/mol. The molecule has 0 aliphatic heterocycles. The molecule has 8 heteroatoms. The van der Waals surface area contributed by atoms with Gasteiger partial charge in [0.15, 0.2) is 0 Å². The summed E-state index contributed by atoms with van der Waals surface area (Å²) in [4.78, 5) is 20.4. The zero-order chi connectivity index (χ0) is 19.4. The van der Waals surface area contributed by atoms with Crippen molar-refractivity contribution in [1.29, 1.82) is 0 Å². The number of benzene rings is 2. The van der Waals surface area contributed by atoms with Gasteiger partial charge < -0.3 is 15.4 Å². The van der Waals surface area contributed by atoms with Crippen LogP contribution in [0.5, 0.6) is 0 Å². The molecule has 0 amide bonds. The van der Waals surface area contributed by atoms with Crippen LogP contribution >= 0.6 is 11.6 Å². The third kappa shape index (κ3) is 4.71. The number of hydrogen-bond acceptors (Lipinski definition) is 6. The molecule has 2 aromatic carbocycles. The maximum absolute atomic E-state index is 13.3. The average Bonchev–Trinajstić information content (AvgIpc) is 2.62. The fourth-order valence-corrected chi connectivity index (χ4v) is 2.55. The predicted molar refractivity (Wildman–Crippen MR) is 103 cm³/mol. The minimum Gasteiger partial charge on any atom is -0.465 e. The van der Waals surface area contributed by atoms with Crippen molar-refractivity contribution in [2.75, 3.05) is 17.7 Å². The van der Waals surface area contributed by atoms with Gasteiger partial charge in [0, 0.05) is 17.4 Å². The number of ether oxygens (including phenoxy) is 1. The molecule has 0 saturated carbocycles. The summed E-state index contributed by atoms with van der Waals surface area (Å²) >= 11 is 6.21. The van der Waals surface area contributed by atoms with E-state index in [0.29, 0.717) is 39.4 Å². The van der Waals surface area contributed by atoms with E-state index in [2.05, 4.69) is 20.6 Å². The Hall–Kier alpha value is -3.19. The third-order valence-electron chi connectivity index (χ3n) is 3.59. The number of nitrogens with one attached hydrogen (secondary N) is 2. The molecule has 0 spiro atoms. The Kier molecular flexibility index (Phi) is 5.52. The summed E-state index contributed by atoms with van der Waals surface area (Å²) in [7, 11) is 1.31. The highest BCUT2D eigenvalue weighted by Crippen LogP contribution is 2.27. The second-order valence-corrected chi connectivity index (χ2v) is 6.07. The van der Waals surface area contributed by atoms with Crippen molar-refractivity contribution >= 4 is 40.7 Å². The van der Waals surface area contributed by atoms with E-state index >= 15 is 0 Å². The van der Waals surface area contributed by atoms with E-state index in [1.54, 1.807) is 43.3 Å². The van der Waals surface area contributed by atoms with Crippen molar-refractivity contribution in [1.82, 2.24) is 9.97 Å². The highest BCUT2D eigenvalue weighted by molar-refractivity contribution is 6.33. The first-order valence-corrected chi connectivity index (χ1v) is 8.35. The molecule has 27 heavy (non-hydrogen) atoms. The standard InChI is InChI=1S/C19H16ClFN4O2/c1-11-8-17(24-16-9-12(18(26)27-2)6-7-15(16)20)25-19(22-11)23-14-5-3-4-13(21)10-14/h3-10H,1-2H3,(H2,22,23,24,25). The molecule has 3 aromatic rings. The van der Waals surface area contributed by atoms with Crippen LogP contribution in [0.15, 0.2) is 48.5 Å². The SMILES string of the molecule is COC(=O)c1ccc(Cl)c(Nc2cc(C)nc(Nc3cccc(F)c3)n2)c1. The lowest BCUT2D eigenvalue weighted by molar-refractivity contribution is 0.0601. The molecule has 0 saturated heterocycles. The number of esters is 1. The molecule has 0 aliphatic carbocycles. The Morgan fingerprint density at radius 1 is 1.11 bits per heavy atom. The second-order valence-electron chi connectivity index (χ2n) is 5.66. The Balaban J connectivity index is 1.87. The van der Waals surface area contributed by atoms with Crippen LogP contribution in [0.4, 0.5) is 27.5 Å². The maximum atomic E-state index is 13.3. The van der Waals surface area contributed by atoms with Crippen LogP contribution in [0, 0.1) is 12.7 Å². The van der Waals surface area contributed by atoms with Gasteiger partial charge in [-0.05, 0) is 43.3 Å². The Labute approximate surface area is 160 Å². The van der Waals surface area contributed by atoms with Gasteiger partial charge in [0.1, 0.15) is 11.6 Å². The Morgan fingerprint density at radius 3 is 2.67 bits per heavy atom. The van der Waals surface area contributed by atoms with Gasteiger partial charge in [0.25, 0.3) is 0 Å². The lowest BCUT2D eigenvalue weighted by atomic mass is 10.2. The molecule has 0 radical (unpaired) electrons. The number of halogens is 2. The van der Waals surface area contributed by atoms with Gasteiger partial charge in [-0.1, -0.05) is 17.7 Å². The summed E-state index contributed by atoms with van der Waals surface area (Å²) in [5, 5.41) is 6.44. The van der Waals surface area contributed by atoms with E-state index < -0.39 is 5.97 Å². The van der Waals surface area contributed by atoms with Crippen molar-refractivity contribution < 1.29 is 13.9 Å². The smallest absolute Gasteiger partial charge is 0.337 e. The summed E-state index contributed by atoms with van der Waals surface area (Å²) in [6.07, 6.45) is 0. The quantitative estimate of drug-likeness (QED) is 0.610. The molecule has 0 unspecified atom stereocenters. The number of methoxy groups -OCH3 is 1. The predicted octanol–water partition coefficient (Wildman–Crippen LogP) is 4.85. The zero-order valence-corrected chi connectivity index (χ0v) is 15.3. The normalized spacial score (nSPS) is 10.4. The van der Waals surface area contributed by atoms with Crippen LogP contribution in [0.25, 0.3) is 0 Å². The first-order valence-electron chi connectivity index (χ1n) is 7.98. The van der Waals surface area contributed by atoms with E-state index in [-0.39, 0.29) is 5.82 Å². The lowest BCUT2D eigenvalue weighted by Crippen LogP contribution is -2.05. The van der Waals surface area contributed by atoms with Crippen molar-refractivity contribution in [2.24, 2.45) is 0 Å². The largest absolute Gasteiger partial charge is 0.465 e. The number of aryl methyl sites for hydroxylation is 1. The molecule has 2 N–H and O–H groups in total. The first-order chi connectivity index (χ1) is 12.9. The lowest BCUT2D eigenvalue weighted by Gasteiger charge is -2.12. The van der Waals surface area contributed by atoms with Gasteiger partial charge in [-0.3, -0.25) is 0 Å².